The van der Waals surface area contributed by atoms with Crippen LogP contribution in [0.2, 0.25) is 0 Å². The average molecular weight is 282 g/mol. The van der Waals surface area contributed by atoms with E-state index >= 15 is 0 Å². The number of fused-ring (bicyclic) bond motifs is 1. The predicted octanol–water partition coefficient (Wildman–Crippen LogP) is 1.43. The van der Waals surface area contributed by atoms with Crippen molar-refractivity contribution in [2.45, 2.75) is 45.6 Å². The molecule has 5 nitrogen and oxygen atoms in total. The first-order chi connectivity index (χ1) is 9.31. The molecule has 0 radical (unpaired) electrons. The highest BCUT2D eigenvalue weighted by molar-refractivity contribution is 5.84. The Morgan fingerprint density at radius 2 is 1.95 bits per heavy atom. The third kappa shape index (κ3) is 3.14. The average Bonchev–Trinajstić information content (AvgIpc) is 2.38. The molecular formula is C15H26N2O3. The number of carbonyl (C=O) groups excluding carboxylic acids is 1. The van der Waals surface area contributed by atoms with Crippen molar-refractivity contribution in [3.8, 4) is 0 Å². The third-order valence-electron chi connectivity index (χ3n) is 4.87. The number of hydrogen-bond donors (Lipinski definition) is 1. The number of aliphatic carboxylic acids is 1. The minimum absolute atomic E-state index is 0.0101. The molecule has 0 aromatic carbocycles. The summed E-state index contributed by atoms with van der Waals surface area (Å²) < 4.78 is 0. The first-order valence-electron chi connectivity index (χ1n) is 7.52. The number of hydrogen-bond acceptors (Lipinski definition) is 3. The number of likely N-dealkylation sites (tertiary alicyclic amines) is 2. The molecule has 2 atom stereocenters. The first kappa shape index (κ1) is 15.3. The maximum Gasteiger partial charge on any atom is 0.309 e. The van der Waals surface area contributed by atoms with Gasteiger partial charge in [0.05, 0.1) is 5.41 Å². The molecule has 0 aromatic heterocycles. The van der Waals surface area contributed by atoms with E-state index in [0.29, 0.717) is 12.0 Å². The summed E-state index contributed by atoms with van der Waals surface area (Å²) in [6.45, 7) is 5.95. The fourth-order valence-electron chi connectivity index (χ4n) is 3.44. The van der Waals surface area contributed by atoms with Crippen LogP contribution in [0.15, 0.2) is 0 Å². The number of carboxylic acid groups (broad SMARTS) is 1. The number of rotatable bonds is 3. The summed E-state index contributed by atoms with van der Waals surface area (Å²) in [7, 11) is 2.17. The molecule has 20 heavy (non-hydrogen) atoms. The number of nitrogens with zero attached hydrogens (tertiary/aromatic N) is 2. The molecule has 1 amide bonds. The van der Waals surface area contributed by atoms with E-state index in [1.165, 1.54) is 12.8 Å². The summed E-state index contributed by atoms with van der Waals surface area (Å²) in [5.41, 5.74) is -0.975. The Balaban J connectivity index is 1.94. The van der Waals surface area contributed by atoms with E-state index in [4.69, 9.17) is 5.11 Å². The van der Waals surface area contributed by atoms with Gasteiger partial charge in [0.25, 0.3) is 0 Å². The maximum atomic E-state index is 12.3. The molecule has 5 heteroatoms. The number of carboxylic acids is 1. The van der Waals surface area contributed by atoms with Gasteiger partial charge >= 0.3 is 5.97 Å². The highest BCUT2D eigenvalue weighted by Gasteiger charge is 2.38. The lowest BCUT2D eigenvalue weighted by molar-refractivity contribution is -0.152. The summed E-state index contributed by atoms with van der Waals surface area (Å²) in [6.07, 6.45) is 3.48. The van der Waals surface area contributed by atoms with Gasteiger partial charge in [-0.05, 0) is 52.6 Å². The quantitative estimate of drug-likeness (QED) is 0.850. The number of carbonyl (C=O) groups is 2. The van der Waals surface area contributed by atoms with Crippen LogP contribution >= 0.6 is 0 Å². The van der Waals surface area contributed by atoms with Crippen LogP contribution in [-0.2, 0) is 9.59 Å². The van der Waals surface area contributed by atoms with Crippen molar-refractivity contribution in [1.82, 2.24) is 9.80 Å². The number of piperidine rings is 2. The Bertz CT molecular complexity index is 395. The Morgan fingerprint density at radius 3 is 2.60 bits per heavy atom. The van der Waals surface area contributed by atoms with Crippen LogP contribution in [0.3, 0.4) is 0 Å². The minimum atomic E-state index is -0.975. The predicted molar refractivity (Wildman–Crippen MR) is 76.4 cm³/mol. The lowest BCUT2D eigenvalue weighted by Crippen LogP contribution is -2.54. The van der Waals surface area contributed by atoms with Crippen molar-refractivity contribution in [2.24, 2.45) is 11.3 Å². The molecule has 0 aliphatic carbocycles. The zero-order chi connectivity index (χ0) is 14.9. The van der Waals surface area contributed by atoms with E-state index in [0.717, 1.165) is 26.1 Å². The van der Waals surface area contributed by atoms with Crippen LogP contribution in [0.4, 0.5) is 0 Å². The SMILES string of the molecule is CN1CCCC2CN(C(=O)CC(C)(C)C(=O)O)CCC21. The zero-order valence-corrected chi connectivity index (χ0v) is 12.8. The lowest BCUT2D eigenvalue weighted by Gasteiger charge is -2.46. The van der Waals surface area contributed by atoms with Crippen LogP contribution in [0.5, 0.6) is 0 Å². The molecule has 2 unspecified atom stereocenters. The van der Waals surface area contributed by atoms with Gasteiger partial charge in [-0.15, -0.1) is 0 Å². The topological polar surface area (TPSA) is 60.9 Å². The Hall–Kier alpha value is -1.10. The van der Waals surface area contributed by atoms with Gasteiger partial charge < -0.3 is 14.9 Å². The van der Waals surface area contributed by atoms with E-state index in [1.807, 2.05) is 4.90 Å². The first-order valence-corrected chi connectivity index (χ1v) is 7.52. The fourth-order valence-corrected chi connectivity index (χ4v) is 3.44. The molecule has 2 heterocycles. The molecule has 0 bridgehead atoms. The highest BCUT2D eigenvalue weighted by Crippen LogP contribution is 2.31. The van der Waals surface area contributed by atoms with Gasteiger partial charge in [0.2, 0.25) is 5.91 Å². The molecule has 2 aliphatic heterocycles. The van der Waals surface area contributed by atoms with Gasteiger partial charge in [0, 0.05) is 25.6 Å². The lowest BCUT2D eigenvalue weighted by atomic mass is 9.83. The van der Waals surface area contributed by atoms with E-state index in [1.54, 1.807) is 13.8 Å². The van der Waals surface area contributed by atoms with Crippen LogP contribution < -0.4 is 0 Å². The zero-order valence-electron chi connectivity index (χ0n) is 12.8. The van der Waals surface area contributed by atoms with Crippen LogP contribution in [0.25, 0.3) is 0 Å². The summed E-state index contributed by atoms with van der Waals surface area (Å²) in [4.78, 5) is 27.7. The molecular weight excluding hydrogens is 256 g/mol. The molecule has 114 valence electrons. The molecule has 2 aliphatic rings. The summed E-state index contributed by atoms with van der Waals surface area (Å²) in [5, 5.41) is 9.13. The molecule has 2 fully saturated rings. The summed E-state index contributed by atoms with van der Waals surface area (Å²) in [6, 6.07) is 0.597. The van der Waals surface area contributed by atoms with Crippen LogP contribution in [0, 0.1) is 11.3 Å². The Morgan fingerprint density at radius 1 is 1.25 bits per heavy atom. The normalized spacial score (nSPS) is 28.1. The van der Waals surface area contributed by atoms with E-state index in [-0.39, 0.29) is 12.3 Å². The van der Waals surface area contributed by atoms with Crippen molar-refractivity contribution < 1.29 is 14.7 Å². The standard InChI is InChI=1S/C15H26N2O3/c1-15(2,14(19)20)9-13(18)17-8-6-12-11(10-17)5-4-7-16(12)3/h11-12H,4-10H2,1-3H3,(H,19,20). The van der Waals surface area contributed by atoms with Crippen LogP contribution in [0.1, 0.15) is 39.5 Å². The van der Waals surface area contributed by atoms with Gasteiger partial charge in [-0.3, -0.25) is 9.59 Å². The largest absolute Gasteiger partial charge is 0.481 e. The molecule has 0 saturated carbocycles. The van der Waals surface area contributed by atoms with E-state index < -0.39 is 11.4 Å². The molecule has 2 saturated heterocycles. The molecule has 1 N–H and O–H groups in total. The van der Waals surface area contributed by atoms with Crippen molar-refractivity contribution in [3.05, 3.63) is 0 Å². The smallest absolute Gasteiger partial charge is 0.309 e. The monoisotopic (exact) mass is 282 g/mol. The second-order valence-corrected chi connectivity index (χ2v) is 6.94. The van der Waals surface area contributed by atoms with Crippen molar-refractivity contribution >= 4 is 11.9 Å². The molecule has 0 spiro atoms. The second kappa shape index (κ2) is 5.72. The highest BCUT2D eigenvalue weighted by atomic mass is 16.4. The Kier molecular flexibility index (Phi) is 4.37. The van der Waals surface area contributed by atoms with Gasteiger partial charge in [-0.1, -0.05) is 0 Å². The van der Waals surface area contributed by atoms with E-state index in [9.17, 15) is 9.59 Å². The van der Waals surface area contributed by atoms with Crippen molar-refractivity contribution in [1.29, 1.82) is 0 Å². The van der Waals surface area contributed by atoms with Gasteiger partial charge in [-0.25, -0.2) is 0 Å². The summed E-state index contributed by atoms with van der Waals surface area (Å²) in [5.74, 6) is -0.360. The molecule has 0 aromatic rings. The van der Waals surface area contributed by atoms with E-state index in [2.05, 4.69) is 11.9 Å². The maximum absolute atomic E-state index is 12.3. The summed E-state index contributed by atoms with van der Waals surface area (Å²) >= 11 is 0. The van der Waals surface area contributed by atoms with Gasteiger partial charge in [-0.2, -0.15) is 0 Å². The fraction of sp³-hybridized carbons (Fsp3) is 0.867. The van der Waals surface area contributed by atoms with Crippen molar-refractivity contribution in [2.75, 3.05) is 26.7 Å². The van der Waals surface area contributed by atoms with Crippen LogP contribution in [-0.4, -0.2) is 59.5 Å². The number of amides is 1. The van der Waals surface area contributed by atoms with Gasteiger partial charge in [0.1, 0.15) is 0 Å². The Labute approximate surface area is 120 Å². The van der Waals surface area contributed by atoms with Gasteiger partial charge in [0.15, 0.2) is 0 Å². The van der Waals surface area contributed by atoms with Crippen molar-refractivity contribution in [3.63, 3.8) is 0 Å². The minimum Gasteiger partial charge on any atom is -0.481 e. The molecule has 2 rings (SSSR count). The third-order valence-corrected chi connectivity index (χ3v) is 4.87. The second-order valence-electron chi connectivity index (χ2n) is 6.94.